The van der Waals surface area contributed by atoms with E-state index in [9.17, 15) is 9.90 Å². The lowest BCUT2D eigenvalue weighted by Gasteiger charge is -2.06. The lowest BCUT2D eigenvalue weighted by molar-refractivity contribution is 0.102. The molecule has 2 rings (SSSR count). The number of anilines is 1. The van der Waals surface area contributed by atoms with Gasteiger partial charge >= 0.3 is 0 Å². The minimum Gasteiger partial charge on any atom is -0.507 e. The van der Waals surface area contributed by atoms with E-state index in [2.05, 4.69) is 17.2 Å². The number of rotatable bonds is 2. The van der Waals surface area contributed by atoms with Crippen molar-refractivity contribution in [3.05, 3.63) is 57.2 Å². The summed E-state index contributed by atoms with van der Waals surface area (Å²) in [5.41, 5.74) is 1.68. The predicted octanol–water partition coefficient (Wildman–Crippen LogP) is 2.59. The van der Waals surface area contributed by atoms with E-state index in [4.69, 9.17) is 5.11 Å². The van der Waals surface area contributed by atoms with Gasteiger partial charge < -0.3 is 15.5 Å². The maximum Gasteiger partial charge on any atom is 0.255 e. The maximum absolute atomic E-state index is 12.1. The number of nitrogens with one attached hydrogen (secondary N) is 1. The van der Waals surface area contributed by atoms with Crippen LogP contribution in [0.2, 0.25) is 0 Å². The zero-order valence-corrected chi connectivity index (χ0v) is 13.1. The largest absolute Gasteiger partial charge is 0.507 e. The Balaban J connectivity index is 2.17. The summed E-state index contributed by atoms with van der Waals surface area (Å²) in [6.45, 7) is -0.210. The molecule has 2 aromatic carbocycles. The fourth-order valence-corrected chi connectivity index (χ4v) is 2.01. The molecule has 0 atom stereocenters. The number of carbonyl (C=O) groups excluding carboxylic acids is 1. The molecule has 0 aliphatic carbocycles. The van der Waals surface area contributed by atoms with Gasteiger partial charge in [0.15, 0.2) is 0 Å². The molecule has 106 valence electrons. The van der Waals surface area contributed by atoms with Crippen LogP contribution >= 0.6 is 22.6 Å². The Morgan fingerprint density at radius 2 is 2.05 bits per heavy atom. The highest BCUT2D eigenvalue weighted by molar-refractivity contribution is 14.1. The minimum absolute atomic E-state index is 0.0748. The second kappa shape index (κ2) is 7.11. The van der Waals surface area contributed by atoms with Crippen LogP contribution in [0.3, 0.4) is 0 Å². The lowest BCUT2D eigenvalue weighted by Crippen LogP contribution is -2.11. The Bertz CT molecular complexity index is 732. The van der Waals surface area contributed by atoms with Gasteiger partial charge in [0.2, 0.25) is 0 Å². The molecule has 5 heteroatoms. The third kappa shape index (κ3) is 4.21. The molecule has 21 heavy (non-hydrogen) atoms. The van der Waals surface area contributed by atoms with Crippen molar-refractivity contribution < 1.29 is 15.0 Å². The molecule has 0 fully saturated rings. The average Bonchev–Trinajstić information content (AvgIpc) is 2.48. The quantitative estimate of drug-likeness (QED) is 0.543. The van der Waals surface area contributed by atoms with Crippen molar-refractivity contribution in [2.75, 3.05) is 11.9 Å². The van der Waals surface area contributed by atoms with Gasteiger partial charge in [0.05, 0.1) is 3.57 Å². The van der Waals surface area contributed by atoms with E-state index in [1.165, 1.54) is 6.07 Å². The van der Waals surface area contributed by atoms with Crippen molar-refractivity contribution in [2.24, 2.45) is 0 Å². The number of benzene rings is 2. The van der Waals surface area contributed by atoms with Crippen LogP contribution in [0.1, 0.15) is 15.9 Å². The van der Waals surface area contributed by atoms with Crippen LogP contribution in [0.15, 0.2) is 42.5 Å². The van der Waals surface area contributed by atoms with Crippen LogP contribution in [-0.2, 0) is 0 Å². The number of aliphatic hydroxyl groups excluding tert-OH is 1. The molecule has 0 saturated carbocycles. The van der Waals surface area contributed by atoms with Crippen LogP contribution < -0.4 is 5.32 Å². The Morgan fingerprint density at radius 3 is 2.76 bits per heavy atom. The summed E-state index contributed by atoms with van der Waals surface area (Å²) in [6, 6.07) is 11.8. The molecule has 0 spiro atoms. The summed E-state index contributed by atoms with van der Waals surface area (Å²) in [4.78, 5) is 12.1. The fraction of sp³-hybridized carbons (Fsp3) is 0.0625. The molecular formula is C16H12INO3. The number of hydrogen-bond acceptors (Lipinski definition) is 3. The van der Waals surface area contributed by atoms with Crippen LogP contribution in [0.5, 0.6) is 5.75 Å². The third-order valence-electron chi connectivity index (χ3n) is 2.64. The van der Waals surface area contributed by atoms with Crippen molar-refractivity contribution in [3.63, 3.8) is 0 Å². The molecule has 0 aliphatic heterocycles. The highest BCUT2D eigenvalue weighted by Gasteiger charge is 2.08. The first kappa shape index (κ1) is 15.4. The zero-order chi connectivity index (χ0) is 15.2. The molecule has 0 aliphatic rings. The number of carbonyl (C=O) groups is 1. The maximum atomic E-state index is 12.1. The Hall–Kier alpha value is -2.04. The molecule has 0 heterocycles. The van der Waals surface area contributed by atoms with E-state index in [1.54, 1.807) is 36.4 Å². The normalized spacial score (nSPS) is 9.62. The molecule has 1 amide bonds. The van der Waals surface area contributed by atoms with Crippen molar-refractivity contribution in [3.8, 4) is 17.6 Å². The highest BCUT2D eigenvalue weighted by Crippen LogP contribution is 2.21. The number of halogens is 1. The van der Waals surface area contributed by atoms with Crippen molar-refractivity contribution in [2.45, 2.75) is 0 Å². The molecule has 0 aromatic heterocycles. The van der Waals surface area contributed by atoms with Crippen LogP contribution in [0.4, 0.5) is 5.69 Å². The van der Waals surface area contributed by atoms with Gasteiger partial charge in [0, 0.05) is 16.8 Å². The van der Waals surface area contributed by atoms with Gasteiger partial charge in [-0.2, -0.15) is 0 Å². The zero-order valence-electron chi connectivity index (χ0n) is 10.9. The Kier molecular flexibility index (Phi) is 5.20. The highest BCUT2D eigenvalue weighted by atomic mass is 127. The molecule has 0 bridgehead atoms. The molecule has 0 unspecified atom stereocenters. The summed E-state index contributed by atoms with van der Waals surface area (Å²) in [6.07, 6.45) is 0. The van der Waals surface area contributed by atoms with Gasteiger partial charge in [-0.25, -0.2) is 0 Å². The van der Waals surface area contributed by atoms with E-state index in [0.29, 0.717) is 20.4 Å². The Morgan fingerprint density at radius 1 is 1.24 bits per heavy atom. The van der Waals surface area contributed by atoms with Crippen LogP contribution in [0, 0.1) is 15.4 Å². The third-order valence-corrected chi connectivity index (χ3v) is 3.55. The fourth-order valence-electron chi connectivity index (χ4n) is 1.67. The molecule has 3 N–H and O–H groups in total. The number of amides is 1. The minimum atomic E-state index is -0.311. The standard InChI is InChI=1S/C16H12INO3/c17-14-7-6-12(10-15(14)20)16(21)18-13-5-1-3-11(9-13)4-2-8-19/h1,3,5-7,9-10,19-20H,8H2,(H,18,21). The summed E-state index contributed by atoms with van der Waals surface area (Å²) in [7, 11) is 0. The van der Waals surface area contributed by atoms with Crippen LogP contribution in [0.25, 0.3) is 0 Å². The number of phenols is 1. The molecule has 4 nitrogen and oxygen atoms in total. The summed E-state index contributed by atoms with van der Waals surface area (Å²) in [5, 5.41) is 21.0. The van der Waals surface area contributed by atoms with E-state index < -0.39 is 0 Å². The summed E-state index contributed by atoms with van der Waals surface area (Å²) in [5.74, 6) is 5.09. The number of aliphatic hydroxyl groups is 1. The van der Waals surface area contributed by atoms with Crippen molar-refractivity contribution in [1.29, 1.82) is 0 Å². The molecule has 2 aromatic rings. The first-order valence-electron chi connectivity index (χ1n) is 6.10. The topological polar surface area (TPSA) is 69.6 Å². The molecule has 0 radical (unpaired) electrons. The predicted molar refractivity (Wildman–Crippen MR) is 89.2 cm³/mol. The number of aromatic hydroxyl groups is 1. The summed E-state index contributed by atoms with van der Waals surface area (Å²) < 4.78 is 0.686. The average molecular weight is 393 g/mol. The van der Waals surface area contributed by atoms with E-state index in [1.807, 2.05) is 22.6 Å². The van der Waals surface area contributed by atoms with Crippen molar-refractivity contribution in [1.82, 2.24) is 0 Å². The second-order valence-corrected chi connectivity index (χ2v) is 5.32. The van der Waals surface area contributed by atoms with Gasteiger partial charge in [0.25, 0.3) is 5.91 Å². The monoisotopic (exact) mass is 393 g/mol. The molecular weight excluding hydrogens is 381 g/mol. The van der Waals surface area contributed by atoms with Crippen LogP contribution in [-0.4, -0.2) is 22.7 Å². The van der Waals surface area contributed by atoms with Gasteiger partial charge in [-0.15, -0.1) is 0 Å². The first-order valence-corrected chi connectivity index (χ1v) is 7.17. The lowest BCUT2D eigenvalue weighted by atomic mass is 10.1. The number of hydrogen-bond donors (Lipinski definition) is 3. The van der Waals surface area contributed by atoms with E-state index in [-0.39, 0.29) is 18.3 Å². The number of phenolic OH excluding ortho intramolecular Hbond substituents is 1. The van der Waals surface area contributed by atoms with E-state index >= 15 is 0 Å². The van der Waals surface area contributed by atoms with Gasteiger partial charge in [-0.3, -0.25) is 4.79 Å². The Labute approximate surface area is 136 Å². The SMILES string of the molecule is O=C(Nc1cccc(C#CCO)c1)c1ccc(I)c(O)c1. The van der Waals surface area contributed by atoms with Gasteiger partial charge in [-0.1, -0.05) is 17.9 Å². The second-order valence-electron chi connectivity index (χ2n) is 4.16. The van der Waals surface area contributed by atoms with E-state index in [0.717, 1.165) is 0 Å². The smallest absolute Gasteiger partial charge is 0.255 e. The molecule has 0 saturated heterocycles. The van der Waals surface area contributed by atoms with Crippen molar-refractivity contribution >= 4 is 34.2 Å². The van der Waals surface area contributed by atoms with Gasteiger partial charge in [0.1, 0.15) is 12.4 Å². The van der Waals surface area contributed by atoms with Gasteiger partial charge in [-0.05, 0) is 59.0 Å². The summed E-state index contributed by atoms with van der Waals surface area (Å²) >= 11 is 1.99. The first-order chi connectivity index (χ1) is 10.1.